The molecule has 1 aromatic heterocycles. The van der Waals surface area contributed by atoms with Crippen LogP contribution in [0.3, 0.4) is 0 Å². The zero-order valence-electron chi connectivity index (χ0n) is 24.2. The molecule has 2 amide bonds. The summed E-state index contributed by atoms with van der Waals surface area (Å²) in [5.74, 6) is -0.306. The highest BCUT2D eigenvalue weighted by Crippen LogP contribution is 2.29. The lowest BCUT2D eigenvalue weighted by Gasteiger charge is -2.33. The van der Waals surface area contributed by atoms with E-state index in [-0.39, 0.29) is 28.7 Å². The van der Waals surface area contributed by atoms with Crippen molar-refractivity contribution in [3.63, 3.8) is 0 Å². The van der Waals surface area contributed by atoms with Crippen molar-refractivity contribution in [2.75, 3.05) is 24.5 Å². The minimum atomic E-state index is -0.470. The molecule has 0 unspecified atom stereocenters. The summed E-state index contributed by atoms with van der Waals surface area (Å²) >= 11 is 12.2. The molecule has 2 fully saturated rings. The van der Waals surface area contributed by atoms with Gasteiger partial charge >= 0.3 is 0 Å². The molecule has 2 saturated heterocycles. The lowest BCUT2D eigenvalue weighted by atomic mass is 9.97. The molecular formula is C35H33Cl2N3O4. The van der Waals surface area contributed by atoms with Crippen LogP contribution in [0, 0.1) is 0 Å². The van der Waals surface area contributed by atoms with E-state index in [1.54, 1.807) is 12.1 Å². The van der Waals surface area contributed by atoms with Crippen LogP contribution in [0.2, 0.25) is 10.0 Å². The maximum Gasteiger partial charge on any atom is 0.287 e. The van der Waals surface area contributed by atoms with Crippen LogP contribution in [-0.2, 0) is 17.8 Å². The number of para-hydroxylation sites is 1. The second kappa shape index (κ2) is 13.3. The van der Waals surface area contributed by atoms with E-state index >= 15 is 0 Å². The van der Waals surface area contributed by atoms with Crippen LogP contribution in [0.1, 0.15) is 47.4 Å². The number of nitrogens with one attached hydrogen (secondary N) is 1. The maximum absolute atomic E-state index is 13.4. The first kappa shape index (κ1) is 30.0. The topological polar surface area (TPSA) is 82.9 Å². The Morgan fingerprint density at radius 3 is 2.41 bits per heavy atom. The standard InChI is InChI=1S/C35H33Cl2N3O4/c36-26-9-7-23(8-10-26)18-28(38-35(43)33-21-31(41)29-12-11-27(37)20-32(29)44-33)19-24-13-16-39(17-14-24)30-5-2-1-4-25(30)22-40-15-3-6-34(40)42/h1-2,4-5,7-12,19-21,28H,3,6,13-18,22H2,(H,38,43)/t28-/m0/s1. The molecule has 0 radical (unpaired) electrons. The van der Waals surface area contributed by atoms with Gasteiger partial charge in [0.05, 0.1) is 11.4 Å². The zero-order valence-corrected chi connectivity index (χ0v) is 25.7. The number of piperidine rings is 1. The van der Waals surface area contributed by atoms with E-state index in [1.807, 2.05) is 41.3 Å². The molecule has 1 atom stereocenters. The lowest BCUT2D eigenvalue weighted by molar-refractivity contribution is -0.128. The molecule has 0 spiro atoms. The van der Waals surface area contributed by atoms with Crippen LogP contribution in [0.25, 0.3) is 11.0 Å². The van der Waals surface area contributed by atoms with Crippen molar-refractivity contribution in [3.8, 4) is 0 Å². The molecule has 226 valence electrons. The van der Waals surface area contributed by atoms with Crippen molar-refractivity contribution in [2.24, 2.45) is 0 Å². The number of nitrogens with zero attached hydrogens (tertiary/aromatic N) is 2. The second-order valence-corrected chi connectivity index (χ2v) is 12.3. The van der Waals surface area contributed by atoms with Gasteiger partial charge in [0.15, 0.2) is 11.2 Å². The van der Waals surface area contributed by atoms with E-state index in [0.717, 1.165) is 44.5 Å². The highest BCUT2D eigenvalue weighted by atomic mass is 35.5. The van der Waals surface area contributed by atoms with E-state index in [4.69, 9.17) is 27.6 Å². The molecule has 2 aliphatic heterocycles. The summed E-state index contributed by atoms with van der Waals surface area (Å²) in [5.41, 5.74) is 4.57. The van der Waals surface area contributed by atoms with Gasteiger partial charge < -0.3 is 19.5 Å². The molecule has 0 saturated carbocycles. The highest BCUT2D eigenvalue weighted by Gasteiger charge is 2.24. The van der Waals surface area contributed by atoms with Crippen molar-refractivity contribution in [2.45, 2.75) is 44.7 Å². The second-order valence-electron chi connectivity index (χ2n) is 11.4. The molecule has 7 nitrogen and oxygen atoms in total. The Morgan fingerprint density at radius 1 is 0.909 bits per heavy atom. The van der Waals surface area contributed by atoms with E-state index in [1.165, 1.54) is 29.0 Å². The van der Waals surface area contributed by atoms with Crippen LogP contribution < -0.4 is 15.6 Å². The van der Waals surface area contributed by atoms with Crippen LogP contribution in [-0.4, -0.2) is 42.4 Å². The van der Waals surface area contributed by atoms with Crippen LogP contribution in [0.4, 0.5) is 5.69 Å². The number of anilines is 1. The number of hydrogen-bond donors (Lipinski definition) is 1. The Morgan fingerprint density at radius 2 is 1.66 bits per heavy atom. The fourth-order valence-corrected chi connectivity index (χ4v) is 6.31. The lowest BCUT2D eigenvalue weighted by Crippen LogP contribution is -2.37. The van der Waals surface area contributed by atoms with Crippen LogP contribution in [0.15, 0.2) is 93.7 Å². The monoisotopic (exact) mass is 629 g/mol. The van der Waals surface area contributed by atoms with Crippen LogP contribution >= 0.6 is 23.2 Å². The van der Waals surface area contributed by atoms with Gasteiger partial charge in [-0.1, -0.05) is 65.2 Å². The van der Waals surface area contributed by atoms with Gasteiger partial charge in [0, 0.05) is 60.5 Å². The minimum absolute atomic E-state index is 0.0628. The summed E-state index contributed by atoms with van der Waals surface area (Å²) in [4.78, 5) is 42.7. The number of carbonyl (C=O) groups excluding carboxylic acids is 2. The van der Waals surface area contributed by atoms with E-state index in [2.05, 4.69) is 28.4 Å². The summed E-state index contributed by atoms with van der Waals surface area (Å²) in [6.07, 6.45) is 5.92. The normalized spacial score (nSPS) is 16.0. The largest absolute Gasteiger partial charge is 0.451 e. The highest BCUT2D eigenvalue weighted by molar-refractivity contribution is 6.31. The first-order valence-corrected chi connectivity index (χ1v) is 15.7. The van der Waals surface area contributed by atoms with Gasteiger partial charge in [0.25, 0.3) is 5.91 Å². The zero-order chi connectivity index (χ0) is 30.6. The van der Waals surface area contributed by atoms with Gasteiger partial charge in [-0.15, -0.1) is 0 Å². The Hall–Kier alpha value is -4.07. The van der Waals surface area contributed by atoms with Gasteiger partial charge in [-0.05, 0) is 67.1 Å². The van der Waals surface area contributed by atoms with Gasteiger partial charge in [-0.2, -0.15) is 0 Å². The number of fused-ring (bicyclic) bond motifs is 1. The average molecular weight is 631 g/mol. The number of hydrogen-bond acceptors (Lipinski definition) is 5. The van der Waals surface area contributed by atoms with Gasteiger partial charge in [0.1, 0.15) is 5.58 Å². The number of amides is 2. The third kappa shape index (κ3) is 7.01. The van der Waals surface area contributed by atoms with Crippen molar-refractivity contribution in [3.05, 3.63) is 122 Å². The van der Waals surface area contributed by atoms with Gasteiger partial charge in [0.2, 0.25) is 5.91 Å². The average Bonchev–Trinajstić information content (AvgIpc) is 3.42. The number of benzene rings is 3. The first-order valence-electron chi connectivity index (χ1n) is 14.9. The fraction of sp³-hybridized carbons (Fsp3) is 0.286. The molecule has 2 aliphatic rings. The fourth-order valence-electron chi connectivity index (χ4n) is 6.02. The third-order valence-corrected chi connectivity index (χ3v) is 8.79. The summed E-state index contributed by atoms with van der Waals surface area (Å²) in [6.45, 7) is 3.12. The molecule has 4 aromatic rings. The Bertz CT molecular complexity index is 1770. The molecule has 1 N–H and O–H groups in total. The molecule has 0 aliphatic carbocycles. The van der Waals surface area contributed by atoms with Crippen molar-refractivity contribution in [1.29, 1.82) is 0 Å². The van der Waals surface area contributed by atoms with E-state index in [0.29, 0.717) is 34.8 Å². The first-order chi connectivity index (χ1) is 21.3. The van der Waals surface area contributed by atoms with E-state index in [9.17, 15) is 14.4 Å². The Labute approximate surface area is 266 Å². The Balaban J connectivity index is 1.19. The molecule has 3 heterocycles. The number of halogens is 2. The molecule has 3 aromatic carbocycles. The Kier molecular flexibility index (Phi) is 9.05. The summed E-state index contributed by atoms with van der Waals surface area (Å²) in [5, 5.41) is 4.51. The third-order valence-electron chi connectivity index (χ3n) is 8.31. The summed E-state index contributed by atoms with van der Waals surface area (Å²) < 4.78 is 5.80. The minimum Gasteiger partial charge on any atom is -0.451 e. The predicted octanol–water partition coefficient (Wildman–Crippen LogP) is 6.79. The molecule has 6 rings (SSSR count). The molecule has 9 heteroatoms. The predicted molar refractivity (Wildman–Crippen MR) is 175 cm³/mol. The quantitative estimate of drug-likeness (QED) is 0.217. The number of rotatable bonds is 8. The van der Waals surface area contributed by atoms with Crippen molar-refractivity contribution >= 4 is 51.7 Å². The summed E-state index contributed by atoms with van der Waals surface area (Å²) in [7, 11) is 0. The number of carbonyl (C=O) groups is 2. The SMILES string of the molecule is O=C(N[C@H](C=C1CCN(c2ccccc2CN2CCCC2=O)CC1)Cc1ccc(Cl)cc1)c1cc(=O)c2ccc(Cl)cc2o1. The smallest absolute Gasteiger partial charge is 0.287 e. The van der Waals surface area contributed by atoms with E-state index < -0.39 is 5.91 Å². The molecule has 44 heavy (non-hydrogen) atoms. The van der Waals surface area contributed by atoms with Gasteiger partial charge in [-0.25, -0.2) is 0 Å². The van der Waals surface area contributed by atoms with Crippen LogP contribution in [0.5, 0.6) is 0 Å². The van der Waals surface area contributed by atoms with Crippen molar-refractivity contribution < 1.29 is 14.0 Å². The van der Waals surface area contributed by atoms with Gasteiger partial charge in [-0.3, -0.25) is 14.4 Å². The number of likely N-dealkylation sites (tertiary alicyclic amines) is 1. The maximum atomic E-state index is 13.4. The molecule has 0 bridgehead atoms. The molecular weight excluding hydrogens is 597 g/mol. The summed E-state index contributed by atoms with van der Waals surface area (Å²) in [6, 6.07) is 21.5. The van der Waals surface area contributed by atoms with Crippen molar-refractivity contribution in [1.82, 2.24) is 10.2 Å².